The molecule has 0 aliphatic heterocycles. The van der Waals surface area contributed by atoms with Crippen molar-refractivity contribution >= 4 is 72.1 Å². The molecule has 99 heavy (non-hydrogen) atoms. The molecule has 0 bridgehead atoms. The topological polar surface area (TPSA) is 507 Å². The van der Waals surface area contributed by atoms with Gasteiger partial charge in [0.05, 0.1) is 26.7 Å². The van der Waals surface area contributed by atoms with E-state index in [4.69, 9.17) is 66.3 Å². The summed E-state index contributed by atoms with van der Waals surface area (Å²) < 4.78 is 40.4. The molecule has 0 aliphatic carbocycles. The average Bonchev–Trinajstić information content (AvgIpc) is 0.943. The Balaban J connectivity index is -0.000000651. The van der Waals surface area contributed by atoms with Gasteiger partial charge in [-0.05, 0) is 234 Å². The molecule has 0 fully saturated rings. The number of carbonyl (C=O) groups excluding carboxylic acids is 10. The zero-order valence-electron chi connectivity index (χ0n) is 62.9. The molecule has 0 aromatic carbocycles. The second-order valence-corrected chi connectivity index (χ2v) is 29.0. The fraction of sp³-hybridized carbons (Fsp3) is 0.818. The summed E-state index contributed by atoms with van der Waals surface area (Å²) in [5.41, 5.74) is 17.8. The summed E-state index contributed by atoms with van der Waals surface area (Å²) in [6, 6.07) is -3.99. The van der Waals surface area contributed by atoms with E-state index in [9.17, 15) is 57.5 Å². The van der Waals surface area contributed by atoms with E-state index in [0.717, 1.165) is 19.3 Å². The number of methoxy groups -OCH3 is 2. The molecule has 33 heteroatoms. The second-order valence-electron chi connectivity index (χ2n) is 29.0. The zero-order chi connectivity index (χ0) is 77.6. The minimum atomic E-state index is -1.16. The molecule has 0 aromatic rings. The van der Waals surface area contributed by atoms with Gasteiger partial charge in [0, 0.05) is 32.1 Å². The Morgan fingerprint density at radius 3 is 1.01 bits per heavy atom. The van der Waals surface area contributed by atoms with Gasteiger partial charge >= 0.3 is 60.3 Å². The normalized spacial score (nSPS) is 13.3. The molecule has 6 atom stereocenters. The Bertz CT molecular complexity index is 2410. The standard InChI is InChI=1S/C28H51N3O9.C15H28N2O6.C12H24N2O4.C11H24N4O3/c1-26(2,3)38-21(32)18-19(14-13-17-30-24(35)39-27(4,5)6)22(33)29-16-12-11-15-20(23(34)37-10)31-25(36)40-28(7,8)9;1-14(2,3)22-12(20)16-9-7-8-10(11(18)19)17-13(21)23-15(4,5)6;1-12(2,3)18-11(16)14-9(10(15)17-4)7-5-6-8-13;12-6-3-5-8(13)10(16)15-7-2-1-4-9(14)11(17)18/h19-20H,11-18H2,1-10H3,(H,29,33)(H,30,35)(H,31,36);10H,7-9H2,1-6H3,(H,16,20)(H,17,21)(H,18,19);9H,5-8,13H2,1-4H3,(H,14,16);8-9H,1-7,12-14H2,(H,15,16)(H,17,18)/t19-,20-;10-;9-;8-,9+/m0101/s1. The number of nitrogens with one attached hydrogen (secondary N) is 7. The first-order valence-corrected chi connectivity index (χ1v) is 33.5. The lowest BCUT2D eigenvalue weighted by Gasteiger charge is -2.23. The summed E-state index contributed by atoms with van der Waals surface area (Å²) in [6.45, 7) is 33.7. The molecule has 0 heterocycles. The van der Waals surface area contributed by atoms with Crippen LogP contribution in [-0.4, -0.2) is 200 Å². The van der Waals surface area contributed by atoms with Crippen LogP contribution in [0.4, 0.5) is 24.0 Å². The third-order valence-electron chi connectivity index (χ3n) is 12.1. The molecule has 0 saturated carbocycles. The first kappa shape index (κ1) is 97.9. The Labute approximate surface area is 586 Å². The van der Waals surface area contributed by atoms with E-state index in [-0.39, 0.29) is 37.7 Å². The molecule has 0 unspecified atom stereocenters. The van der Waals surface area contributed by atoms with Crippen molar-refractivity contribution in [2.45, 2.75) is 291 Å². The molecule has 7 amide bonds. The fourth-order valence-electron chi connectivity index (χ4n) is 7.71. The highest BCUT2D eigenvalue weighted by molar-refractivity contribution is 5.84. The van der Waals surface area contributed by atoms with Crippen LogP contribution >= 0.6 is 0 Å². The van der Waals surface area contributed by atoms with Crippen molar-refractivity contribution in [3.05, 3.63) is 0 Å². The van der Waals surface area contributed by atoms with Gasteiger partial charge < -0.3 is 108 Å². The number of carboxylic acids is 2. The van der Waals surface area contributed by atoms with Gasteiger partial charge in [-0.2, -0.15) is 0 Å². The minimum absolute atomic E-state index is 0.0975. The van der Waals surface area contributed by atoms with Crippen molar-refractivity contribution in [2.75, 3.05) is 53.5 Å². The summed E-state index contributed by atoms with van der Waals surface area (Å²) in [5.74, 6) is -4.85. The number of alkyl carbamates (subject to hydrolysis) is 5. The van der Waals surface area contributed by atoms with Gasteiger partial charge in [0.25, 0.3) is 0 Å². The Kier molecular flexibility index (Phi) is 50.2. The van der Waals surface area contributed by atoms with Crippen LogP contribution in [0, 0.1) is 5.92 Å². The molecule has 0 spiro atoms. The summed E-state index contributed by atoms with van der Waals surface area (Å²) in [6.07, 6.45) is 4.40. The number of unbranched alkanes of at least 4 members (excludes halogenated alkanes) is 3. The number of esters is 3. The lowest BCUT2D eigenvalue weighted by Crippen LogP contribution is -2.44. The van der Waals surface area contributed by atoms with Crippen LogP contribution in [0.15, 0.2) is 0 Å². The number of hydrogen-bond acceptors (Lipinski definition) is 24. The van der Waals surface area contributed by atoms with Crippen LogP contribution in [0.5, 0.6) is 0 Å². The van der Waals surface area contributed by atoms with Crippen LogP contribution in [0.3, 0.4) is 0 Å². The van der Waals surface area contributed by atoms with E-state index < -0.39 is 130 Å². The summed E-state index contributed by atoms with van der Waals surface area (Å²) in [5, 5.41) is 35.7. The molecular weight excluding hydrogens is 1300 g/mol. The van der Waals surface area contributed by atoms with E-state index >= 15 is 0 Å². The van der Waals surface area contributed by atoms with Gasteiger partial charge in [-0.3, -0.25) is 19.2 Å². The lowest BCUT2D eigenvalue weighted by atomic mass is 9.98. The largest absolute Gasteiger partial charge is 0.480 e. The van der Waals surface area contributed by atoms with E-state index in [1.165, 1.54) is 14.2 Å². The number of carbonyl (C=O) groups is 12. The van der Waals surface area contributed by atoms with Gasteiger partial charge in [-0.15, -0.1) is 0 Å². The van der Waals surface area contributed by atoms with Gasteiger partial charge in [0.15, 0.2) is 0 Å². The van der Waals surface area contributed by atoms with E-state index in [1.807, 2.05) is 0 Å². The number of hydrogen-bond donors (Lipinski definition) is 13. The predicted octanol–water partition coefficient (Wildman–Crippen LogP) is 6.19. The number of amides is 7. The first-order valence-electron chi connectivity index (χ1n) is 33.5. The van der Waals surface area contributed by atoms with Crippen molar-refractivity contribution in [3.8, 4) is 0 Å². The number of aliphatic carboxylic acids is 2. The SMILES string of the molecule is CC(C)(C)OC(=O)NCCC[C@@H](NC(=O)OC(C)(C)C)C(=O)O.COC(=O)[C@H](CCCCN)NC(=O)OC(C)(C)C.COC(=O)[C@H](CCCCNC(=O)[C@@H](CCCNC(=O)OC(C)(C)C)CC(=O)OC(C)(C)C)NC(=O)OC(C)(C)C.NCCC[C@@H](N)C(=O)NCCCC[C@H](N)C(=O)O. The highest BCUT2D eigenvalue weighted by Gasteiger charge is 2.30. The smallest absolute Gasteiger partial charge is 0.408 e. The van der Waals surface area contributed by atoms with E-state index in [2.05, 4.69) is 42.0 Å². The monoisotopic (exact) mass is 1430 g/mol. The van der Waals surface area contributed by atoms with Gasteiger partial charge in [0.1, 0.15) is 57.8 Å². The van der Waals surface area contributed by atoms with Crippen LogP contribution in [0.25, 0.3) is 0 Å². The van der Waals surface area contributed by atoms with Gasteiger partial charge in [-0.25, -0.2) is 38.4 Å². The van der Waals surface area contributed by atoms with Gasteiger partial charge in [0.2, 0.25) is 11.8 Å². The zero-order valence-corrected chi connectivity index (χ0v) is 62.9. The molecule has 33 nitrogen and oxygen atoms in total. The Hall–Kier alpha value is -7.52. The van der Waals surface area contributed by atoms with E-state index in [0.29, 0.717) is 96.8 Å². The predicted molar refractivity (Wildman–Crippen MR) is 371 cm³/mol. The Morgan fingerprint density at radius 2 is 0.657 bits per heavy atom. The number of carboxylic acid groups (broad SMARTS) is 2. The third-order valence-corrected chi connectivity index (χ3v) is 12.1. The van der Waals surface area contributed by atoms with Crippen LogP contribution in [0.2, 0.25) is 0 Å². The summed E-state index contributed by atoms with van der Waals surface area (Å²) in [7, 11) is 2.52. The van der Waals surface area contributed by atoms with Crippen molar-refractivity contribution in [2.24, 2.45) is 28.9 Å². The third kappa shape index (κ3) is 63.7. The Morgan fingerprint density at radius 1 is 0.343 bits per heavy atom. The average molecular weight is 1430 g/mol. The molecule has 17 N–H and O–H groups in total. The molecule has 0 rings (SSSR count). The molecule has 578 valence electrons. The van der Waals surface area contributed by atoms with E-state index in [1.54, 1.807) is 125 Å². The number of rotatable bonds is 36. The highest BCUT2D eigenvalue weighted by atomic mass is 16.6. The minimum Gasteiger partial charge on any atom is -0.480 e. The van der Waals surface area contributed by atoms with Gasteiger partial charge in [-0.1, -0.05) is 0 Å². The van der Waals surface area contributed by atoms with Crippen molar-refractivity contribution in [1.29, 1.82) is 0 Å². The maximum atomic E-state index is 12.9. The maximum Gasteiger partial charge on any atom is 0.408 e. The molecule has 0 aliphatic rings. The highest BCUT2D eigenvalue weighted by Crippen LogP contribution is 2.18. The number of nitrogens with two attached hydrogens (primary N) is 4. The first-order chi connectivity index (χ1) is 45.3. The quantitative estimate of drug-likeness (QED) is 0.0189. The summed E-state index contributed by atoms with van der Waals surface area (Å²) in [4.78, 5) is 140. The molecule has 0 aromatic heterocycles. The lowest BCUT2D eigenvalue weighted by molar-refractivity contribution is -0.157. The molecule has 0 radical (unpaired) electrons. The molecule has 0 saturated heterocycles. The molecular formula is C66H127N11O22. The maximum absolute atomic E-state index is 12.9. The second kappa shape index (κ2) is 50.7. The van der Waals surface area contributed by atoms with Crippen molar-refractivity contribution in [1.82, 2.24) is 37.2 Å². The van der Waals surface area contributed by atoms with Crippen LogP contribution in [0.1, 0.15) is 227 Å². The summed E-state index contributed by atoms with van der Waals surface area (Å²) >= 11 is 0. The number of ether oxygens (including phenoxy) is 8. The fourth-order valence-corrected chi connectivity index (χ4v) is 7.71. The van der Waals surface area contributed by atoms with Crippen molar-refractivity contribution < 1.29 is 106 Å². The van der Waals surface area contributed by atoms with Crippen LogP contribution < -0.4 is 60.2 Å². The van der Waals surface area contributed by atoms with Crippen molar-refractivity contribution in [3.63, 3.8) is 0 Å². The van der Waals surface area contributed by atoms with Crippen LogP contribution in [-0.2, 0) is 71.5 Å².